The lowest BCUT2D eigenvalue weighted by atomic mass is 10.3. The van der Waals surface area contributed by atoms with E-state index in [1.807, 2.05) is 12.1 Å². The molecule has 0 bridgehead atoms. The molecule has 0 aliphatic carbocycles. The normalized spacial score (nSPS) is 9.71. The Bertz CT molecular complexity index is 1120. The van der Waals surface area contributed by atoms with E-state index >= 15 is 0 Å². The van der Waals surface area contributed by atoms with Crippen LogP contribution in [0.15, 0.2) is 109 Å². The van der Waals surface area contributed by atoms with Crippen molar-refractivity contribution in [1.82, 2.24) is 0 Å². The van der Waals surface area contributed by atoms with Crippen LogP contribution in [0.5, 0.6) is 23.0 Å². The molecule has 0 atom stereocenters. The van der Waals surface area contributed by atoms with Crippen molar-refractivity contribution < 1.29 is 28.5 Å². The van der Waals surface area contributed by atoms with E-state index in [2.05, 4.69) is 0 Å². The van der Waals surface area contributed by atoms with Crippen LogP contribution in [0.2, 0.25) is 10.0 Å². The Labute approximate surface area is 206 Å². The lowest BCUT2D eigenvalue weighted by molar-refractivity contribution is 0.150. The SMILES string of the molecule is O=C(Oc1ccccc1)Oc1ccccc1.O=C(Oc1ccccc1Cl)Oc1ccccc1Cl. The molecule has 0 fully saturated rings. The predicted octanol–water partition coefficient (Wildman–Crippen LogP) is 7.84. The highest BCUT2D eigenvalue weighted by molar-refractivity contribution is 6.32. The summed E-state index contributed by atoms with van der Waals surface area (Å²) < 4.78 is 19.8. The number of carbonyl (C=O) groups is 2. The summed E-state index contributed by atoms with van der Waals surface area (Å²) in [7, 11) is 0. The van der Waals surface area contributed by atoms with Gasteiger partial charge in [-0.25, -0.2) is 9.59 Å². The number of ether oxygens (including phenoxy) is 4. The third-order valence-corrected chi connectivity index (χ3v) is 4.57. The topological polar surface area (TPSA) is 71.1 Å². The van der Waals surface area contributed by atoms with Crippen LogP contribution in [0, 0.1) is 0 Å². The van der Waals surface area contributed by atoms with E-state index in [4.69, 9.17) is 42.1 Å². The summed E-state index contributed by atoms with van der Waals surface area (Å²) in [6.45, 7) is 0. The Morgan fingerprint density at radius 3 is 1.15 bits per heavy atom. The lowest BCUT2D eigenvalue weighted by Gasteiger charge is -2.07. The van der Waals surface area contributed by atoms with Gasteiger partial charge in [0.15, 0.2) is 11.5 Å². The molecule has 8 heteroatoms. The fraction of sp³-hybridized carbons (Fsp3) is 0. The standard InChI is InChI=1S/C13H8Cl2O3.C13H10O3/c14-9-5-1-3-7-11(9)17-13(16)18-12-8-4-2-6-10(12)15;14-13(15-11-7-3-1-4-8-11)16-12-9-5-2-6-10-12/h1-8H;1-10H. The molecular weight excluding hydrogens is 479 g/mol. The predicted molar refractivity (Wildman–Crippen MR) is 129 cm³/mol. The van der Waals surface area contributed by atoms with E-state index in [1.54, 1.807) is 97.1 Å². The minimum absolute atomic E-state index is 0.233. The van der Waals surface area contributed by atoms with Gasteiger partial charge in [0, 0.05) is 0 Å². The minimum Gasteiger partial charge on any atom is -0.395 e. The fourth-order valence-corrected chi connectivity index (χ4v) is 2.79. The van der Waals surface area contributed by atoms with E-state index in [1.165, 1.54) is 0 Å². The van der Waals surface area contributed by atoms with Crippen molar-refractivity contribution in [2.45, 2.75) is 0 Å². The molecule has 0 spiro atoms. The molecule has 6 nitrogen and oxygen atoms in total. The molecule has 34 heavy (non-hydrogen) atoms. The van der Waals surface area contributed by atoms with Crippen molar-refractivity contribution in [2.75, 3.05) is 0 Å². The number of rotatable bonds is 4. The first kappa shape index (κ1) is 24.6. The molecule has 172 valence electrons. The summed E-state index contributed by atoms with van der Waals surface area (Å²) in [5, 5.41) is 0.655. The van der Waals surface area contributed by atoms with Crippen molar-refractivity contribution in [2.24, 2.45) is 0 Å². The number of halogens is 2. The van der Waals surface area contributed by atoms with Crippen LogP contribution < -0.4 is 18.9 Å². The molecule has 0 saturated heterocycles. The maximum Gasteiger partial charge on any atom is 0.519 e. The quantitative estimate of drug-likeness (QED) is 0.211. The van der Waals surface area contributed by atoms with Crippen LogP contribution in [0.25, 0.3) is 0 Å². The molecule has 0 saturated carbocycles. The van der Waals surface area contributed by atoms with Crippen LogP contribution in [0.4, 0.5) is 9.59 Å². The monoisotopic (exact) mass is 496 g/mol. The number of hydrogen-bond donors (Lipinski definition) is 0. The molecule has 4 aromatic rings. The van der Waals surface area contributed by atoms with Gasteiger partial charge >= 0.3 is 12.3 Å². The highest BCUT2D eigenvalue weighted by atomic mass is 35.5. The third-order valence-electron chi connectivity index (χ3n) is 3.95. The zero-order chi connectivity index (χ0) is 24.2. The molecular formula is C26H18Cl2O6. The molecule has 0 unspecified atom stereocenters. The van der Waals surface area contributed by atoms with E-state index in [-0.39, 0.29) is 11.5 Å². The van der Waals surface area contributed by atoms with Crippen molar-refractivity contribution in [3.63, 3.8) is 0 Å². The summed E-state index contributed by atoms with van der Waals surface area (Å²) >= 11 is 11.7. The molecule has 0 N–H and O–H groups in total. The third kappa shape index (κ3) is 8.16. The second kappa shape index (κ2) is 12.9. The van der Waals surface area contributed by atoms with Crippen LogP contribution in [0.1, 0.15) is 0 Å². The molecule has 0 radical (unpaired) electrons. The minimum atomic E-state index is -0.892. The highest BCUT2D eigenvalue weighted by Gasteiger charge is 2.12. The molecule has 4 rings (SSSR count). The Balaban J connectivity index is 0.000000192. The maximum absolute atomic E-state index is 11.5. The molecule has 4 aromatic carbocycles. The number of hydrogen-bond acceptors (Lipinski definition) is 6. The van der Waals surface area contributed by atoms with Gasteiger partial charge in [0.2, 0.25) is 0 Å². The summed E-state index contributed by atoms with van der Waals surface area (Å²) in [4.78, 5) is 22.9. The molecule has 0 aliphatic heterocycles. The number of carbonyl (C=O) groups excluding carboxylic acids is 2. The maximum atomic E-state index is 11.5. The Morgan fingerprint density at radius 1 is 0.441 bits per heavy atom. The van der Waals surface area contributed by atoms with Crippen molar-refractivity contribution in [3.8, 4) is 23.0 Å². The Kier molecular flexibility index (Phi) is 9.34. The first-order chi connectivity index (χ1) is 16.5. The van der Waals surface area contributed by atoms with Gasteiger partial charge in [0.25, 0.3) is 0 Å². The van der Waals surface area contributed by atoms with Crippen LogP contribution in [-0.4, -0.2) is 12.3 Å². The van der Waals surface area contributed by atoms with E-state index in [9.17, 15) is 9.59 Å². The van der Waals surface area contributed by atoms with Gasteiger partial charge in [-0.05, 0) is 48.5 Å². The van der Waals surface area contributed by atoms with E-state index in [0.717, 1.165) is 0 Å². The van der Waals surface area contributed by atoms with Gasteiger partial charge < -0.3 is 18.9 Å². The Morgan fingerprint density at radius 2 is 0.765 bits per heavy atom. The fourth-order valence-electron chi connectivity index (χ4n) is 2.45. The molecule has 0 heterocycles. The van der Waals surface area contributed by atoms with Gasteiger partial charge in [-0.2, -0.15) is 0 Å². The molecule has 0 aliphatic rings. The summed E-state index contributed by atoms with van der Waals surface area (Å²) in [6, 6.07) is 30.8. The van der Waals surface area contributed by atoms with Gasteiger partial charge in [-0.1, -0.05) is 83.9 Å². The number of benzene rings is 4. The second-order valence-electron chi connectivity index (χ2n) is 6.40. The van der Waals surface area contributed by atoms with Crippen LogP contribution in [-0.2, 0) is 0 Å². The summed E-state index contributed by atoms with van der Waals surface area (Å²) in [5.41, 5.74) is 0. The summed E-state index contributed by atoms with van der Waals surface area (Å²) in [6.07, 6.45) is -1.63. The smallest absolute Gasteiger partial charge is 0.395 e. The number of para-hydroxylation sites is 4. The van der Waals surface area contributed by atoms with E-state index < -0.39 is 12.3 Å². The molecule has 0 amide bonds. The average molecular weight is 497 g/mol. The van der Waals surface area contributed by atoms with Gasteiger partial charge in [0.1, 0.15) is 11.5 Å². The molecule has 0 aromatic heterocycles. The zero-order valence-electron chi connectivity index (χ0n) is 17.6. The van der Waals surface area contributed by atoms with Crippen molar-refractivity contribution >= 4 is 35.5 Å². The van der Waals surface area contributed by atoms with Gasteiger partial charge in [-0.15, -0.1) is 0 Å². The largest absolute Gasteiger partial charge is 0.519 e. The van der Waals surface area contributed by atoms with Crippen molar-refractivity contribution in [1.29, 1.82) is 0 Å². The van der Waals surface area contributed by atoms with Crippen LogP contribution >= 0.6 is 23.2 Å². The zero-order valence-corrected chi connectivity index (χ0v) is 19.1. The van der Waals surface area contributed by atoms with Gasteiger partial charge in [-0.3, -0.25) is 0 Å². The lowest BCUT2D eigenvalue weighted by Crippen LogP contribution is -2.14. The first-order valence-electron chi connectivity index (χ1n) is 9.90. The van der Waals surface area contributed by atoms with E-state index in [0.29, 0.717) is 21.5 Å². The second-order valence-corrected chi connectivity index (χ2v) is 7.21. The van der Waals surface area contributed by atoms with Crippen LogP contribution in [0.3, 0.4) is 0 Å². The first-order valence-corrected chi connectivity index (χ1v) is 10.7. The average Bonchev–Trinajstić information content (AvgIpc) is 2.84. The van der Waals surface area contributed by atoms with Crippen molar-refractivity contribution in [3.05, 3.63) is 119 Å². The van der Waals surface area contributed by atoms with Gasteiger partial charge in [0.05, 0.1) is 10.0 Å². The summed E-state index contributed by atoms with van der Waals surface area (Å²) in [5.74, 6) is 1.39. The Hall–Kier alpha value is -4.00. The highest BCUT2D eigenvalue weighted by Crippen LogP contribution is 2.26.